The molecule has 0 radical (unpaired) electrons. The summed E-state index contributed by atoms with van der Waals surface area (Å²) in [4.78, 5) is 13.3. The highest BCUT2D eigenvalue weighted by molar-refractivity contribution is 7.89. The quantitative estimate of drug-likeness (QED) is 0.712. The number of ether oxygens (including phenoxy) is 1. The van der Waals surface area contributed by atoms with Gasteiger partial charge in [0, 0.05) is 26.2 Å². The van der Waals surface area contributed by atoms with Crippen LogP contribution in [0.4, 0.5) is 0 Å². The number of rotatable bonds is 6. The average molecular weight is 344 g/mol. The van der Waals surface area contributed by atoms with E-state index in [1.165, 1.54) is 4.31 Å². The van der Waals surface area contributed by atoms with E-state index in [4.69, 9.17) is 10.5 Å². The number of carbonyl (C=O) groups is 1. The number of carbonyl (C=O) groups excluding carboxylic acids is 1. The van der Waals surface area contributed by atoms with Crippen LogP contribution < -0.4 is 5.73 Å². The molecule has 0 aliphatic carbocycles. The van der Waals surface area contributed by atoms with E-state index in [1.807, 2.05) is 13.8 Å². The van der Waals surface area contributed by atoms with Crippen LogP contribution in [-0.2, 0) is 19.6 Å². The summed E-state index contributed by atoms with van der Waals surface area (Å²) < 4.78 is 30.9. The molecular weight excluding hydrogens is 318 g/mol. The third-order valence-corrected chi connectivity index (χ3v) is 4.96. The number of halogens is 1. The highest BCUT2D eigenvalue weighted by Crippen LogP contribution is 2.09. The molecular formula is C12H26ClN3O4S. The summed E-state index contributed by atoms with van der Waals surface area (Å²) in [5.74, 6) is -0.155. The number of hydrogen-bond donors (Lipinski definition) is 1. The molecule has 9 heteroatoms. The van der Waals surface area contributed by atoms with Crippen molar-refractivity contribution in [2.24, 2.45) is 5.73 Å². The van der Waals surface area contributed by atoms with E-state index in [0.717, 1.165) is 0 Å². The summed E-state index contributed by atoms with van der Waals surface area (Å²) in [5, 5.41) is 0. The third-order valence-electron chi connectivity index (χ3n) is 3.13. The Morgan fingerprint density at radius 3 is 2.14 bits per heavy atom. The molecule has 1 atom stereocenters. The molecule has 1 heterocycles. The normalized spacial score (nSPS) is 18.4. The largest absolute Gasteiger partial charge is 0.378 e. The topological polar surface area (TPSA) is 92.9 Å². The number of nitrogens with two attached hydrogens (primary N) is 1. The Bertz CT molecular complexity index is 420. The fourth-order valence-electron chi connectivity index (χ4n) is 1.99. The first-order valence-corrected chi connectivity index (χ1v) is 8.48. The van der Waals surface area contributed by atoms with Gasteiger partial charge < -0.3 is 15.4 Å². The molecule has 21 heavy (non-hydrogen) atoms. The second-order valence-electron chi connectivity index (χ2n) is 5.25. The van der Waals surface area contributed by atoms with Crippen LogP contribution in [0.2, 0.25) is 0 Å². The molecule has 0 aromatic heterocycles. The van der Waals surface area contributed by atoms with Crippen LogP contribution in [-0.4, -0.2) is 74.2 Å². The first kappa shape index (κ1) is 20.6. The smallest absolute Gasteiger partial charge is 0.239 e. The molecule has 1 rings (SSSR count). The van der Waals surface area contributed by atoms with Gasteiger partial charge in [0.15, 0.2) is 0 Å². The summed E-state index contributed by atoms with van der Waals surface area (Å²) >= 11 is 0. The lowest BCUT2D eigenvalue weighted by Gasteiger charge is -2.34. The van der Waals surface area contributed by atoms with Gasteiger partial charge in [-0.1, -0.05) is 0 Å². The van der Waals surface area contributed by atoms with E-state index in [1.54, 1.807) is 11.8 Å². The van der Waals surface area contributed by atoms with Crippen molar-refractivity contribution < 1.29 is 17.9 Å². The Hall–Kier alpha value is -0.410. The van der Waals surface area contributed by atoms with Crippen molar-refractivity contribution in [1.82, 2.24) is 9.21 Å². The van der Waals surface area contributed by atoms with Gasteiger partial charge in [0.05, 0.1) is 24.5 Å². The summed E-state index contributed by atoms with van der Waals surface area (Å²) in [7, 11) is -3.31. The first-order chi connectivity index (χ1) is 9.24. The van der Waals surface area contributed by atoms with Gasteiger partial charge in [-0.05, 0) is 20.8 Å². The molecule has 1 amide bonds. The van der Waals surface area contributed by atoms with Gasteiger partial charge in [-0.2, -0.15) is 4.31 Å². The predicted molar refractivity (Wildman–Crippen MR) is 83.9 cm³/mol. The number of sulfonamides is 1. The van der Waals surface area contributed by atoms with Crippen LogP contribution in [0.5, 0.6) is 0 Å². The fraction of sp³-hybridized carbons (Fsp3) is 0.917. The molecule has 0 saturated carbocycles. The molecule has 0 aromatic carbocycles. The zero-order chi connectivity index (χ0) is 15.3. The maximum atomic E-state index is 12.1. The van der Waals surface area contributed by atoms with Crippen molar-refractivity contribution in [3.05, 3.63) is 0 Å². The summed E-state index contributed by atoms with van der Waals surface area (Å²) in [6.07, 6.45) is 0.0192. The van der Waals surface area contributed by atoms with Gasteiger partial charge in [-0.15, -0.1) is 12.4 Å². The van der Waals surface area contributed by atoms with Crippen LogP contribution in [0.1, 0.15) is 20.8 Å². The Labute approximate surface area is 133 Å². The summed E-state index contributed by atoms with van der Waals surface area (Å²) in [6, 6.07) is -0.544. The van der Waals surface area contributed by atoms with Gasteiger partial charge in [0.25, 0.3) is 0 Å². The minimum atomic E-state index is -3.31. The molecule has 0 spiro atoms. The van der Waals surface area contributed by atoms with Crippen LogP contribution in [0, 0.1) is 0 Å². The van der Waals surface area contributed by atoms with Gasteiger partial charge in [0.1, 0.15) is 0 Å². The third kappa shape index (κ3) is 6.48. The number of nitrogens with zero attached hydrogens (tertiary/aromatic N) is 2. The zero-order valence-electron chi connectivity index (χ0n) is 12.8. The zero-order valence-corrected chi connectivity index (χ0v) is 14.5. The van der Waals surface area contributed by atoms with E-state index < -0.39 is 16.1 Å². The van der Waals surface area contributed by atoms with E-state index in [0.29, 0.717) is 26.2 Å². The van der Waals surface area contributed by atoms with Crippen molar-refractivity contribution in [2.75, 3.05) is 38.5 Å². The van der Waals surface area contributed by atoms with Gasteiger partial charge in [-0.25, -0.2) is 8.42 Å². The predicted octanol–water partition coefficient (Wildman–Crippen LogP) is -0.346. The summed E-state index contributed by atoms with van der Waals surface area (Å²) in [6.45, 7) is 6.99. The molecule has 1 aliphatic rings. The second kappa shape index (κ2) is 8.89. The van der Waals surface area contributed by atoms with E-state index in [2.05, 4.69) is 0 Å². The van der Waals surface area contributed by atoms with E-state index in [9.17, 15) is 13.2 Å². The lowest BCUT2D eigenvalue weighted by atomic mass is 10.2. The van der Waals surface area contributed by atoms with Crippen molar-refractivity contribution in [1.29, 1.82) is 0 Å². The van der Waals surface area contributed by atoms with Crippen molar-refractivity contribution in [3.8, 4) is 0 Å². The first-order valence-electron chi connectivity index (χ1n) is 6.88. The molecule has 1 aliphatic heterocycles. The standard InChI is InChI=1S/C12H25N3O4S.ClH/c1-10(2)19-8-9-20(17,18)15-6-4-14(5-7-15)12(16)11(3)13;/h10-11H,4-9,13H2,1-3H3;1H/t11-;/m0./s1. The van der Waals surface area contributed by atoms with Crippen LogP contribution in [0.3, 0.4) is 0 Å². The highest BCUT2D eigenvalue weighted by atomic mass is 35.5. The Balaban J connectivity index is 0.00000400. The number of hydrogen-bond acceptors (Lipinski definition) is 5. The molecule has 0 unspecified atom stereocenters. The van der Waals surface area contributed by atoms with Gasteiger partial charge in [0.2, 0.25) is 15.9 Å². The lowest BCUT2D eigenvalue weighted by molar-refractivity contribution is -0.133. The van der Waals surface area contributed by atoms with Crippen molar-refractivity contribution in [2.45, 2.75) is 32.9 Å². The summed E-state index contributed by atoms with van der Waals surface area (Å²) in [5.41, 5.74) is 5.54. The van der Waals surface area contributed by atoms with Crippen LogP contribution in [0.25, 0.3) is 0 Å². The maximum Gasteiger partial charge on any atom is 0.239 e. The van der Waals surface area contributed by atoms with Crippen molar-refractivity contribution >= 4 is 28.3 Å². The molecule has 0 bridgehead atoms. The molecule has 2 N–H and O–H groups in total. The average Bonchev–Trinajstić information content (AvgIpc) is 2.37. The molecule has 0 aromatic rings. The van der Waals surface area contributed by atoms with Crippen LogP contribution >= 0.6 is 12.4 Å². The van der Waals surface area contributed by atoms with E-state index >= 15 is 0 Å². The molecule has 1 fully saturated rings. The lowest BCUT2D eigenvalue weighted by Crippen LogP contribution is -2.54. The number of piperazine rings is 1. The number of amides is 1. The molecule has 126 valence electrons. The minimum absolute atomic E-state index is 0. The minimum Gasteiger partial charge on any atom is -0.378 e. The van der Waals surface area contributed by atoms with Crippen molar-refractivity contribution in [3.63, 3.8) is 0 Å². The second-order valence-corrected chi connectivity index (χ2v) is 7.34. The SMILES string of the molecule is CC(C)OCCS(=O)(=O)N1CCN(C(=O)[C@H](C)N)CC1.Cl. The molecule has 7 nitrogen and oxygen atoms in total. The Kier molecular flexibility index (Phi) is 8.72. The molecule has 1 saturated heterocycles. The Morgan fingerprint density at radius 1 is 1.19 bits per heavy atom. The monoisotopic (exact) mass is 343 g/mol. The Morgan fingerprint density at radius 2 is 1.71 bits per heavy atom. The fourth-order valence-corrected chi connectivity index (χ4v) is 3.28. The van der Waals surface area contributed by atoms with Gasteiger partial charge >= 0.3 is 0 Å². The van der Waals surface area contributed by atoms with E-state index in [-0.39, 0.29) is 36.8 Å². The highest BCUT2D eigenvalue weighted by Gasteiger charge is 2.29. The van der Waals surface area contributed by atoms with Gasteiger partial charge in [-0.3, -0.25) is 4.79 Å². The maximum absolute atomic E-state index is 12.1. The van der Waals surface area contributed by atoms with Crippen LogP contribution in [0.15, 0.2) is 0 Å².